The predicted octanol–water partition coefficient (Wildman–Crippen LogP) is 1.43. The molecule has 6 heteroatoms. The Labute approximate surface area is 104 Å². The summed E-state index contributed by atoms with van der Waals surface area (Å²) in [6.07, 6.45) is 0.235. The number of rotatable bonds is 5. The summed E-state index contributed by atoms with van der Waals surface area (Å²) in [5, 5.41) is 11.1. The van der Waals surface area contributed by atoms with Gasteiger partial charge in [-0.25, -0.2) is 9.18 Å². The van der Waals surface area contributed by atoms with Gasteiger partial charge >= 0.3 is 5.97 Å². The molecule has 0 spiro atoms. The van der Waals surface area contributed by atoms with Gasteiger partial charge in [-0.15, -0.1) is 0 Å². The molecule has 2 N–H and O–H groups in total. The van der Waals surface area contributed by atoms with Crippen LogP contribution in [0.15, 0.2) is 18.2 Å². The number of aliphatic carboxylic acids is 1. The van der Waals surface area contributed by atoms with Crippen LogP contribution in [0.3, 0.4) is 0 Å². The van der Waals surface area contributed by atoms with Crippen molar-refractivity contribution in [2.45, 2.75) is 19.4 Å². The lowest BCUT2D eigenvalue weighted by molar-refractivity contribution is -0.139. The Balaban J connectivity index is 2.96. The molecule has 0 aliphatic rings. The maximum atomic E-state index is 13.1. The maximum Gasteiger partial charge on any atom is 0.326 e. The van der Waals surface area contributed by atoms with Crippen molar-refractivity contribution in [3.63, 3.8) is 0 Å². The van der Waals surface area contributed by atoms with Crippen molar-refractivity contribution < 1.29 is 23.8 Å². The lowest BCUT2D eigenvalue weighted by Gasteiger charge is -2.14. The highest BCUT2D eigenvalue weighted by molar-refractivity contribution is 5.98. The number of carbonyl (C=O) groups is 2. The predicted molar refractivity (Wildman–Crippen MR) is 62.1 cm³/mol. The molecule has 0 bridgehead atoms. The summed E-state index contributed by atoms with van der Waals surface area (Å²) in [4.78, 5) is 22.6. The Morgan fingerprint density at radius 1 is 1.50 bits per heavy atom. The van der Waals surface area contributed by atoms with E-state index in [0.717, 1.165) is 12.1 Å². The average Bonchev–Trinajstić information content (AvgIpc) is 2.35. The van der Waals surface area contributed by atoms with Crippen molar-refractivity contribution in [2.75, 3.05) is 7.11 Å². The third kappa shape index (κ3) is 3.19. The van der Waals surface area contributed by atoms with Crippen LogP contribution in [0.25, 0.3) is 0 Å². The Morgan fingerprint density at radius 2 is 2.17 bits per heavy atom. The molecule has 0 saturated heterocycles. The number of nitrogens with one attached hydrogen (secondary N) is 1. The standard InChI is InChI=1S/C12H14FNO4/c1-3-9(12(16)17)14-11(15)8-6-7(13)4-5-10(8)18-2/h4-6,9H,3H2,1-2H3,(H,14,15)(H,16,17). The average molecular weight is 255 g/mol. The third-order valence-corrected chi connectivity index (χ3v) is 2.42. The van der Waals surface area contributed by atoms with Gasteiger partial charge in [0.2, 0.25) is 0 Å². The number of amides is 1. The van der Waals surface area contributed by atoms with Crippen molar-refractivity contribution in [1.29, 1.82) is 0 Å². The molecule has 0 aliphatic heterocycles. The normalized spacial score (nSPS) is 11.7. The van der Waals surface area contributed by atoms with Gasteiger partial charge in [-0.3, -0.25) is 4.79 Å². The number of halogens is 1. The van der Waals surface area contributed by atoms with E-state index in [1.54, 1.807) is 6.92 Å². The molecule has 1 unspecified atom stereocenters. The second-order valence-electron chi connectivity index (χ2n) is 3.62. The van der Waals surface area contributed by atoms with Gasteiger partial charge in [-0.05, 0) is 24.6 Å². The monoisotopic (exact) mass is 255 g/mol. The van der Waals surface area contributed by atoms with Gasteiger partial charge in [0, 0.05) is 0 Å². The molecule has 1 aromatic carbocycles. The molecular weight excluding hydrogens is 241 g/mol. The number of methoxy groups -OCH3 is 1. The van der Waals surface area contributed by atoms with E-state index in [1.165, 1.54) is 13.2 Å². The first-order valence-electron chi connectivity index (χ1n) is 5.36. The van der Waals surface area contributed by atoms with Gasteiger partial charge in [0.15, 0.2) is 0 Å². The number of hydrogen-bond acceptors (Lipinski definition) is 3. The molecule has 1 atom stereocenters. The molecule has 0 heterocycles. The van der Waals surface area contributed by atoms with E-state index in [-0.39, 0.29) is 17.7 Å². The van der Waals surface area contributed by atoms with E-state index in [0.29, 0.717) is 0 Å². The van der Waals surface area contributed by atoms with Crippen LogP contribution in [0.4, 0.5) is 4.39 Å². The largest absolute Gasteiger partial charge is 0.496 e. The zero-order valence-electron chi connectivity index (χ0n) is 10.1. The van der Waals surface area contributed by atoms with Crippen LogP contribution < -0.4 is 10.1 Å². The highest BCUT2D eigenvalue weighted by Gasteiger charge is 2.21. The highest BCUT2D eigenvalue weighted by atomic mass is 19.1. The molecule has 1 aromatic rings. The van der Waals surface area contributed by atoms with Crippen LogP contribution in [-0.4, -0.2) is 30.1 Å². The smallest absolute Gasteiger partial charge is 0.326 e. The lowest BCUT2D eigenvalue weighted by Crippen LogP contribution is -2.40. The number of carboxylic acid groups (broad SMARTS) is 1. The molecule has 0 saturated carbocycles. The zero-order valence-corrected chi connectivity index (χ0v) is 10.1. The fourth-order valence-electron chi connectivity index (χ4n) is 1.43. The van der Waals surface area contributed by atoms with Gasteiger partial charge in [-0.1, -0.05) is 6.92 Å². The van der Waals surface area contributed by atoms with Crippen molar-refractivity contribution in [2.24, 2.45) is 0 Å². The highest BCUT2D eigenvalue weighted by Crippen LogP contribution is 2.19. The van der Waals surface area contributed by atoms with E-state index in [9.17, 15) is 14.0 Å². The topological polar surface area (TPSA) is 75.6 Å². The molecule has 0 fully saturated rings. The lowest BCUT2D eigenvalue weighted by atomic mass is 10.1. The first-order valence-corrected chi connectivity index (χ1v) is 5.36. The molecule has 5 nitrogen and oxygen atoms in total. The second kappa shape index (κ2) is 6.00. The first-order chi connectivity index (χ1) is 8.49. The number of carbonyl (C=O) groups excluding carboxylic acids is 1. The summed E-state index contributed by atoms with van der Waals surface area (Å²) in [5.74, 6) is -2.22. The Kier molecular flexibility index (Phi) is 4.65. The summed E-state index contributed by atoms with van der Waals surface area (Å²) >= 11 is 0. The van der Waals surface area contributed by atoms with Crippen molar-refractivity contribution in [1.82, 2.24) is 5.32 Å². The molecular formula is C12H14FNO4. The molecule has 0 aromatic heterocycles. The molecule has 0 aliphatic carbocycles. The summed E-state index contributed by atoms with van der Waals surface area (Å²) in [6, 6.07) is 2.46. The zero-order chi connectivity index (χ0) is 13.7. The fraction of sp³-hybridized carbons (Fsp3) is 0.333. The number of ether oxygens (including phenoxy) is 1. The Hall–Kier alpha value is -2.11. The van der Waals surface area contributed by atoms with E-state index >= 15 is 0 Å². The van der Waals surface area contributed by atoms with Gasteiger partial charge in [0.05, 0.1) is 12.7 Å². The van der Waals surface area contributed by atoms with Crippen LogP contribution >= 0.6 is 0 Å². The minimum atomic E-state index is -1.14. The summed E-state index contributed by atoms with van der Waals surface area (Å²) in [5.41, 5.74) is -0.0304. The molecule has 18 heavy (non-hydrogen) atoms. The van der Waals surface area contributed by atoms with Crippen LogP contribution in [0.1, 0.15) is 23.7 Å². The minimum absolute atomic E-state index is 0.0304. The van der Waals surface area contributed by atoms with Gasteiger partial charge in [-0.2, -0.15) is 0 Å². The van der Waals surface area contributed by atoms with E-state index < -0.39 is 23.7 Å². The summed E-state index contributed by atoms with van der Waals surface area (Å²) < 4.78 is 18.0. The number of hydrogen-bond donors (Lipinski definition) is 2. The van der Waals surface area contributed by atoms with Crippen molar-refractivity contribution in [3.8, 4) is 5.75 Å². The summed E-state index contributed by atoms with van der Waals surface area (Å²) in [6.45, 7) is 1.63. The van der Waals surface area contributed by atoms with Gasteiger partial charge < -0.3 is 15.2 Å². The Bertz CT molecular complexity index is 461. The SMILES string of the molecule is CCC(NC(=O)c1cc(F)ccc1OC)C(=O)O. The quantitative estimate of drug-likeness (QED) is 0.834. The van der Waals surface area contributed by atoms with Gasteiger partial charge in [0.1, 0.15) is 17.6 Å². The van der Waals surface area contributed by atoms with Crippen molar-refractivity contribution >= 4 is 11.9 Å². The van der Waals surface area contributed by atoms with E-state index in [2.05, 4.69) is 5.32 Å². The third-order valence-electron chi connectivity index (χ3n) is 2.42. The number of carboxylic acids is 1. The molecule has 0 radical (unpaired) electrons. The first kappa shape index (κ1) is 14.0. The number of benzene rings is 1. The molecule has 98 valence electrons. The van der Waals surface area contributed by atoms with Gasteiger partial charge in [0.25, 0.3) is 5.91 Å². The fourth-order valence-corrected chi connectivity index (χ4v) is 1.43. The van der Waals surface area contributed by atoms with E-state index in [1.807, 2.05) is 0 Å². The molecule has 1 amide bonds. The van der Waals surface area contributed by atoms with Crippen molar-refractivity contribution in [3.05, 3.63) is 29.6 Å². The molecule has 1 rings (SSSR count). The van der Waals surface area contributed by atoms with Crippen LogP contribution in [0.5, 0.6) is 5.75 Å². The van der Waals surface area contributed by atoms with Crippen LogP contribution in [-0.2, 0) is 4.79 Å². The second-order valence-corrected chi connectivity index (χ2v) is 3.62. The Morgan fingerprint density at radius 3 is 2.67 bits per heavy atom. The summed E-state index contributed by atoms with van der Waals surface area (Å²) in [7, 11) is 1.35. The van der Waals surface area contributed by atoms with Crippen LogP contribution in [0.2, 0.25) is 0 Å². The van der Waals surface area contributed by atoms with E-state index in [4.69, 9.17) is 9.84 Å². The minimum Gasteiger partial charge on any atom is -0.496 e. The van der Waals surface area contributed by atoms with Crippen LogP contribution in [0, 0.1) is 5.82 Å². The maximum absolute atomic E-state index is 13.1.